The average molecular weight is 273 g/mol. The quantitative estimate of drug-likeness (QED) is 0.788. The van der Waals surface area contributed by atoms with E-state index in [4.69, 9.17) is 16.3 Å². The Balaban J connectivity index is 2.23. The van der Waals surface area contributed by atoms with Gasteiger partial charge in [0.15, 0.2) is 0 Å². The second-order valence-electron chi connectivity index (χ2n) is 7.04. The molecule has 0 saturated heterocycles. The van der Waals surface area contributed by atoms with Gasteiger partial charge in [0.2, 0.25) is 0 Å². The van der Waals surface area contributed by atoms with Gasteiger partial charge in [-0.05, 0) is 36.7 Å². The average Bonchev–Trinajstić information content (AvgIpc) is 2.24. The minimum absolute atomic E-state index is 0.0404. The smallest absolute Gasteiger partial charge is 0.0821 e. The van der Waals surface area contributed by atoms with Crippen molar-refractivity contribution in [2.45, 2.75) is 58.2 Å². The van der Waals surface area contributed by atoms with Gasteiger partial charge in [-0.2, -0.15) is 0 Å². The maximum atomic E-state index is 10.8. The van der Waals surface area contributed by atoms with E-state index in [1.807, 2.05) is 6.08 Å². The molecular formula is C15H25ClO2. The highest BCUT2D eigenvalue weighted by Gasteiger charge is 2.49. The first-order chi connectivity index (χ1) is 8.26. The van der Waals surface area contributed by atoms with E-state index in [-0.39, 0.29) is 12.0 Å². The van der Waals surface area contributed by atoms with Crippen molar-refractivity contribution in [3.8, 4) is 0 Å². The van der Waals surface area contributed by atoms with Gasteiger partial charge in [-0.15, -0.1) is 0 Å². The summed E-state index contributed by atoms with van der Waals surface area (Å²) < 4.78 is 5.54. The molecule has 0 amide bonds. The lowest BCUT2D eigenvalue weighted by atomic mass is 9.60. The maximum absolute atomic E-state index is 10.8. The molecule has 18 heavy (non-hydrogen) atoms. The molecule has 0 radical (unpaired) electrons. The van der Waals surface area contributed by atoms with E-state index in [1.165, 1.54) is 0 Å². The molecule has 0 unspecified atom stereocenters. The minimum Gasteiger partial charge on any atom is -0.389 e. The first kappa shape index (κ1) is 14.4. The summed E-state index contributed by atoms with van der Waals surface area (Å²) in [7, 11) is 1.71. The van der Waals surface area contributed by atoms with Crippen LogP contribution in [0.3, 0.4) is 0 Å². The van der Waals surface area contributed by atoms with Crippen LogP contribution in [0.2, 0.25) is 0 Å². The Morgan fingerprint density at radius 2 is 2.11 bits per heavy atom. The molecule has 0 spiro atoms. The van der Waals surface area contributed by atoms with Crippen molar-refractivity contribution < 1.29 is 9.84 Å². The number of ether oxygens (including phenoxy) is 1. The fraction of sp³-hybridized carbons (Fsp3) is 0.867. The zero-order valence-electron chi connectivity index (χ0n) is 11.9. The van der Waals surface area contributed by atoms with Gasteiger partial charge in [0.1, 0.15) is 0 Å². The highest BCUT2D eigenvalue weighted by molar-refractivity contribution is 6.29. The first-order valence-corrected chi connectivity index (χ1v) is 7.25. The molecule has 0 heterocycles. The van der Waals surface area contributed by atoms with E-state index < -0.39 is 5.60 Å². The fourth-order valence-corrected chi connectivity index (χ4v) is 3.93. The predicted octanol–water partition coefficient (Wildman–Crippen LogP) is 3.72. The monoisotopic (exact) mass is 272 g/mol. The molecule has 0 bridgehead atoms. The SMILES string of the molecule is CO[C@H]1C=C(Cl)C[C@@]2(O)CC[C@H](C(C)(C)C)C[C@H]12. The summed E-state index contributed by atoms with van der Waals surface area (Å²) in [6, 6.07) is 0. The third kappa shape index (κ3) is 2.61. The second kappa shape index (κ2) is 4.81. The van der Waals surface area contributed by atoms with Crippen LogP contribution in [0.1, 0.15) is 46.5 Å². The van der Waals surface area contributed by atoms with Crippen LogP contribution in [-0.4, -0.2) is 23.9 Å². The molecule has 0 aromatic rings. The van der Waals surface area contributed by atoms with Crippen molar-refractivity contribution in [2.24, 2.45) is 17.3 Å². The number of rotatable bonds is 1. The Hall–Kier alpha value is -0.0500. The molecule has 1 fully saturated rings. The van der Waals surface area contributed by atoms with E-state index >= 15 is 0 Å². The largest absolute Gasteiger partial charge is 0.389 e. The molecule has 0 aromatic heterocycles. The molecule has 0 aliphatic heterocycles. The number of fused-ring (bicyclic) bond motifs is 1. The lowest BCUT2D eigenvalue weighted by Crippen LogP contribution is -2.52. The highest BCUT2D eigenvalue weighted by Crippen LogP contribution is 2.50. The van der Waals surface area contributed by atoms with E-state index in [9.17, 15) is 5.11 Å². The summed E-state index contributed by atoms with van der Waals surface area (Å²) in [5, 5.41) is 11.6. The van der Waals surface area contributed by atoms with Crippen molar-refractivity contribution >= 4 is 11.6 Å². The van der Waals surface area contributed by atoms with E-state index in [2.05, 4.69) is 20.8 Å². The number of methoxy groups -OCH3 is 1. The zero-order valence-corrected chi connectivity index (χ0v) is 12.6. The van der Waals surface area contributed by atoms with Crippen LogP contribution in [0.4, 0.5) is 0 Å². The summed E-state index contributed by atoms with van der Waals surface area (Å²) in [6.45, 7) is 6.86. The second-order valence-corrected chi connectivity index (χ2v) is 7.52. The molecule has 1 saturated carbocycles. The highest BCUT2D eigenvalue weighted by atomic mass is 35.5. The van der Waals surface area contributed by atoms with Gasteiger partial charge >= 0.3 is 0 Å². The van der Waals surface area contributed by atoms with Crippen LogP contribution in [-0.2, 0) is 4.74 Å². The van der Waals surface area contributed by atoms with Crippen LogP contribution in [0.25, 0.3) is 0 Å². The Kier molecular flexibility index (Phi) is 3.84. The van der Waals surface area contributed by atoms with Gasteiger partial charge in [0.25, 0.3) is 0 Å². The summed E-state index contributed by atoms with van der Waals surface area (Å²) in [5.41, 5.74) is -0.362. The summed E-state index contributed by atoms with van der Waals surface area (Å²) in [5.74, 6) is 0.827. The molecule has 0 aromatic carbocycles. The zero-order chi connectivity index (χ0) is 13.6. The third-order valence-corrected chi connectivity index (χ3v) is 5.13. The van der Waals surface area contributed by atoms with Gasteiger partial charge < -0.3 is 9.84 Å². The lowest BCUT2D eigenvalue weighted by molar-refractivity contribution is -0.120. The molecule has 4 atom stereocenters. The lowest BCUT2D eigenvalue weighted by Gasteiger charge is -2.50. The van der Waals surface area contributed by atoms with Crippen molar-refractivity contribution in [3.63, 3.8) is 0 Å². The van der Waals surface area contributed by atoms with Crippen molar-refractivity contribution in [3.05, 3.63) is 11.1 Å². The number of hydrogen-bond acceptors (Lipinski definition) is 2. The van der Waals surface area contributed by atoms with E-state index in [0.29, 0.717) is 17.8 Å². The van der Waals surface area contributed by atoms with Gasteiger partial charge in [-0.3, -0.25) is 0 Å². The Morgan fingerprint density at radius 1 is 1.44 bits per heavy atom. The molecule has 104 valence electrons. The molecule has 2 rings (SSSR count). The van der Waals surface area contributed by atoms with Crippen LogP contribution in [0, 0.1) is 17.3 Å². The summed E-state index contributed by atoms with van der Waals surface area (Å²) in [4.78, 5) is 0. The Bertz CT molecular complexity index is 345. The molecule has 2 aliphatic carbocycles. The maximum Gasteiger partial charge on any atom is 0.0821 e. The molecule has 1 N–H and O–H groups in total. The van der Waals surface area contributed by atoms with Crippen molar-refractivity contribution in [2.75, 3.05) is 7.11 Å². The topological polar surface area (TPSA) is 29.5 Å². The molecule has 2 aliphatic rings. The molecular weight excluding hydrogens is 248 g/mol. The standard InChI is InChI=1S/C15H25ClO2/c1-14(2,3)10-5-6-15(17)9-11(16)8-13(18-4)12(15)7-10/h8,10,12-13,17H,5-7,9H2,1-4H3/t10-,12+,13-,15-/m0/s1. The van der Waals surface area contributed by atoms with Gasteiger partial charge in [-0.1, -0.05) is 32.4 Å². The van der Waals surface area contributed by atoms with Gasteiger partial charge in [0, 0.05) is 24.5 Å². The van der Waals surface area contributed by atoms with Crippen LogP contribution in [0.5, 0.6) is 0 Å². The van der Waals surface area contributed by atoms with Crippen LogP contribution < -0.4 is 0 Å². The predicted molar refractivity (Wildman–Crippen MR) is 74.6 cm³/mol. The summed E-state index contributed by atoms with van der Waals surface area (Å²) in [6.07, 6.45) is 5.47. The first-order valence-electron chi connectivity index (χ1n) is 6.87. The minimum atomic E-state index is -0.658. The van der Waals surface area contributed by atoms with E-state index in [0.717, 1.165) is 24.3 Å². The third-order valence-electron chi connectivity index (χ3n) is 4.87. The Labute approximate surface area is 115 Å². The van der Waals surface area contributed by atoms with Crippen LogP contribution >= 0.6 is 11.6 Å². The van der Waals surface area contributed by atoms with Crippen molar-refractivity contribution in [1.82, 2.24) is 0 Å². The van der Waals surface area contributed by atoms with Crippen molar-refractivity contribution in [1.29, 1.82) is 0 Å². The molecule has 3 heteroatoms. The number of halogens is 1. The van der Waals surface area contributed by atoms with E-state index in [1.54, 1.807) is 7.11 Å². The molecule has 2 nitrogen and oxygen atoms in total. The van der Waals surface area contributed by atoms with Crippen LogP contribution in [0.15, 0.2) is 11.1 Å². The number of aliphatic hydroxyl groups is 1. The van der Waals surface area contributed by atoms with Gasteiger partial charge in [0.05, 0.1) is 11.7 Å². The Morgan fingerprint density at radius 3 is 2.67 bits per heavy atom. The summed E-state index contributed by atoms with van der Waals surface area (Å²) >= 11 is 6.15. The number of hydrogen-bond donors (Lipinski definition) is 1. The fourth-order valence-electron chi connectivity index (χ4n) is 3.58. The normalized spacial score (nSPS) is 41.2. The van der Waals surface area contributed by atoms with Gasteiger partial charge in [-0.25, -0.2) is 0 Å².